The third kappa shape index (κ3) is 18.9. The normalized spacial score (nSPS) is 9.65. The van der Waals surface area contributed by atoms with Gasteiger partial charge in [0.15, 0.2) is 0 Å². The molecule has 0 atom stereocenters. The van der Waals surface area contributed by atoms with Gasteiger partial charge in [-0.15, -0.1) is 12.3 Å². The molecule has 0 spiro atoms. The fourth-order valence-corrected chi connectivity index (χ4v) is 12.8. The summed E-state index contributed by atoms with van der Waals surface area (Å²) in [7, 11) is 0. The summed E-state index contributed by atoms with van der Waals surface area (Å²) in [5.41, 5.74) is 0. The second-order valence-electron chi connectivity index (χ2n) is 4.85. The Morgan fingerprint density at radius 1 is 0.765 bits per heavy atom. The quantitative estimate of drug-likeness (QED) is 0.375. The van der Waals surface area contributed by atoms with Gasteiger partial charge in [-0.1, -0.05) is 6.92 Å². The van der Waals surface area contributed by atoms with Crippen LogP contribution in [0.25, 0.3) is 0 Å². The molecular formula is C16H34Sn. The zero-order chi connectivity index (χ0) is 13.4. The van der Waals surface area contributed by atoms with Gasteiger partial charge in [-0.3, -0.25) is 0 Å². The van der Waals surface area contributed by atoms with Crippen molar-refractivity contribution in [1.82, 2.24) is 0 Å². The fraction of sp³-hybridized carbons (Fsp3) is 0.875. The summed E-state index contributed by atoms with van der Waals surface area (Å²) in [6.07, 6.45) is 14.5. The maximum absolute atomic E-state index is 4.78. The van der Waals surface area contributed by atoms with E-state index in [-0.39, 0.29) is 0 Å². The van der Waals surface area contributed by atoms with Crippen molar-refractivity contribution >= 4 is 19.8 Å². The molecule has 0 aliphatic heterocycles. The first-order valence-electron chi connectivity index (χ1n) is 7.70. The summed E-state index contributed by atoms with van der Waals surface area (Å²) in [6.45, 7) is 8.95. The molecule has 0 aromatic rings. The summed E-state index contributed by atoms with van der Waals surface area (Å²) in [6, 6.07) is 0. The van der Waals surface area contributed by atoms with E-state index < -0.39 is 19.8 Å². The SMILES string of the molecule is C#CCC.CCC[CH2][SnH]([CH2]CCC)[CH2]CCC. The molecule has 0 radical (unpaired) electrons. The molecule has 0 heterocycles. The van der Waals surface area contributed by atoms with Gasteiger partial charge in [0.05, 0.1) is 0 Å². The second kappa shape index (κ2) is 18.7. The summed E-state index contributed by atoms with van der Waals surface area (Å²) in [5, 5.41) is 0. The molecule has 102 valence electrons. The van der Waals surface area contributed by atoms with Crippen LogP contribution in [0.1, 0.15) is 72.6 Å². The van der Waals surface area contributed by atoms with Crippen LogP contribution in [0.5, 0.6) is 0 Å². The predicted octanol–water partition coefficient (Wildman–Crippen LogP) is 5.64. The van der Waals surface area contributed by atoms with E-state index in [1.807, 2.05) is 6.92 Å². The van der Waals surface area contributed by atoms with Gasteiger partial charge in [-0.25, -0.2) is 0 Å². The van der Waals surface area contributed by atoms with Crippen LogP contribution in [-0.4, -0.2) is 19.8 Å². The molecule has 0 saturated carbocycles. The van der Waals surface area contributed by atoms with Crippen LogP contribution in [0.3, 0.4) is 0 Å². The van der Waals surface area contributed by atoms with Crippen molar-refractivity contribution in [1.29, 1.82) is 0 Å². The summed E-state index contributed by atoms with van der Waals surface area (Å²) < 4.78 is 5.08. The molecule has 0 aliphatic carbocycles. The number of terminal acetylenes is 1. The van der Waals surface area contributed by atoms with E-state index in [0.29, 0.717) is 0 Å². The van der Waals surface area contributed by atoms with Crippen LogP contribution in [0.2, 0.25) is 13.3 Å². The van der Waals surface area contributed by atoms with E-state index in [4.69, 9.17) is 6.42 Å². The van der Waals surface area contributed by atoms with Crippen LogP contribution in [0, 0.1) is 12.3 Å². The Hall–Kier alpha value is 0.359. The monoisotopic (exact) mass is 346 g/mol. The van der Waals surface area contributed by atoms with E-state index in [9.17, 15) is 0 Å². The molecule has 1 heteroatoms. The molecule has 0 aromatic heterocycles. The fourth-order valence-electron chi connectivity index (χ4n) is 1.91. The Morgan fingerprint density at radius 3 is 1.24 bits per heavy atom. The first-order chi connectivity index (χ1) is 8.26. The Labute approximate surface area is 118 Å². The van der Waals surface area contributed by atoms with Gasteiger partial charge >= 0.3 is 92.4 Å². The van der Waals surface area contributed by atoms with Crippen LogP contribution < -0.4 is 0 Å². The van der Waals surface area contributed by atoms with Gasteiger partial charge < -0.3 is 0 Å². The molecule has 0 bridgehead atoms. The number of rotatable bonds is 9. The number of hydrogen-bond acceptors (Lipinski definition) is 0. The number of unbranched alkanes of at least 4 members (excludes halogenated alkanes) is 3. The molecule has 0 amide bonds. The first kappa shape index (κ1) is 19.7. The zero-order valence-corrected chi connectivity index (χ0v) is 16.0. The zero-order valence-electron chi connectivity index (χ0n) is 12.7. The average Bonchev–Trinajstić information content (AvgIpc) is 2.38. The van der Waals surface area contributed by atoms with Crippen LogP contribution in [-0.2, 0) is 0 Å². The van der Waals surface area contributed by atoms with E-state index in [1.165, 1.54) is 38.5 Å². The Morgan fingerprint density at radius 2 is 1.06 bits per heavy atom. The molecular weight excluding hydrogens is 311 g/mol. The van der Waals surface area contributed by atoms with Crippen molar-refractivity contribution in [2.45, 2.75) is 86.0 Å². The van der Waals surface area contributed by atoms with Crippen molar-refractivity contribution in [3.05, 3.63) is 0 Å². The molecule has 0 N–H and O–H groups in total. The van der Waals surface area contributed by atoms with E-state index in [0.717, 1.165) is 6.42 Å². The molecule has 0 aromatic carbocycles. The van der Waals surface area contributed by atoms with Crippen LogP contribution >= 0.6 is 0 Å². The minimum absolute atomic E-state index is 0.847. The second-order valence-corrected chi connectivity index (χ2v) is 14.7. The van der Waals surface area contributed by atoms with Crippen molar-refractivity contribution in [2.24, 2.45) is 0 Å². The number of hydrogen-bond donors (Lipinski definition) is 0. The molecule has 0 unspecified atom stereocenters. The van der Waals surface area contributed by atoms with Gasteiger partial charge in [0.2, 0.25) is 0 Å². The average molecular weight is 345 g/mol. The van der Waals surface area contributed by atoms with Gasteiger partial charge in [-0.05, 0) is 0 Å². The van der Waals surface area contributed by atoms with Crippen LogP contribution in [0.4, 0.5) is 0 Å². The van der Waals surface area contributed by atoms with Crippen LogP contribution in [0.15, 0.2) is 0 Å². The van der Waals surface area contributed by atoms with E-state index in [1.54, 1.807) is 13.3 Å². The van der Waals surface area contributed by atoms with Gasteiger partial charge in [-0.2, -0.15) is 0 Å². The Balaban J connectivity index is 0. The van der Waals surface area contributed by atoms with E-state index >= 15 is 0 Å². The maximum atomic E-state index is 4.78. The topological polar surface area (TPSA) is 0 Å². The summed E-state index contributed by atoms with van der Waals surface area (Å²) >= 11 is -0.967. The Kier molecular flexibility index (Phi) is 21.7. The molecule has 0 saturated heterocycles. The van der Waals surface area contributed by atoms with Gasteiger partial charge in [0.25, 0.3) is 0 Å². The van der Waals surface area contributed by atoms with Crippen molar-refractivity contribution < 1.29 is 0 Å². The minimum atomic E-state index is -0.967. The third-order valence-electron chi connectivity index (χ3n) is 3.10. The standard InChI is InChI=1S/3C4H9.C4H6.Sn.H/c4*1-3-4-2;;/h3*1,3-4H2,2H3;1H,4H2,2H3;;. The predicted molar refractivity (Wildman–Crippen MR) is 85.4 cm³/mol. The molecule has 0 aliphatic rings. The molecule has 17 heavy (non-hydrogen) atoms. The Bertz CT molecular complexity index is 138. The van der Waals surface area contributed by atoms with Crippen molar-refractivity contribution in [3.63, 3.8) is 0 Å². The van der Waals surface area contributed by atoms with Gasteiger partial charge in [0.1, 0.15) is 0 Å². The third-order valence-corrected chi connectivity index (χ3v) is 13.6. The summed E-state index contributed by atoms with van der Waals surface area (Å²) in [5.74, 6) is 2.43. The molecule has 0 rings (SSSR count). The molecule has 0 nitrogen and oxygen atoms in total. The van der Waals surface area contributed by atoms with Gasteiger partial charge in [0, 0.05) is 6.42 Å². The van der Waals surface area contributed by atoms with Crippen molar-refractivity contribution in [3.8, 4) is 12.3 Å². The first-order valence-corrected chi connectivity index (χ1v) is 14.7. The molecule has 0 fully saturated rings. The summed E-state index contributed by atoms with van der Waals surface area (Å²) in [4.78, 5) is 0. The van der Waals surface area contributed by atoms with Crippen molar-refractivity contribution in [2.75, 3.05) is 0 Å². The van der Waals surface area contributed by atoms with E-state index in [2.05, 4.69) is 26.7 Å².